The molecule has 2 nitrogen and oxygen atoms in total. The van der Waals surface area contributed by atoms with Gasteiger partial charge in [-0.25, -0.2) is 8.78 Å². The number of hydrogen-bond acceptors (Lipinski definition) is 2. The second-order valence-electron chi connectivity index (χ2n) is 6.53. The molecule has 0 bridgehead atoms. The quantitative estimate of drug-likeness (QED) is 0.355. The molecule has 1 rings (SSSR count). The Bertz CT molecular complexity index is 735. The van der Waals surface area contributed by atoms with Gasteiger partial charge in [0.2, 0.25) is 0 Å². The van der Waals surface area contributed by atoms with Gasteiger partial charge in [-0.2, -0.15) is 4.39 Å². The Morgan fingerprint density at radius 1 is 1.19 bits per heavy atom. The minimum Gasteiger partial charge on any atom is -0.508 e. The molecule has 0 saturated heterocycles. The van der Waals surface area contributed by atoms with Gasteiger partial charge in [-0.3, -0.25) is 0 Å². The number of phenols is 1. The van der Waals surface area contributed by atoms with E-state index in [1.165, 1.54) is 12.1 Å². The molecule has 27 heavy (non-hydrogen) atoms. The number of aromatic hydroxyl groups is 1. The van der Waals surface area contributed by atoms with Gasteiger partial charge in [-0.1, -0.05) is 39.2 Å². The molecule has 0 aliphatic rings. The molecular weight excluding hydrogens is 353 g/mol. The highest BCUT2D eigenvalue weighted by atomic mass is 19.2. The Morgan fingerprint density at radius 2 is 1.85 bits per heavy atom. The van der Waals surface area contributed by atoms with Gasteiger partial charge in [0, 0.05) is 11.6 Å². The van der Waals surface area contributed by atoms with E-state index >= 15 is 0 Å². The molecule has 0 spiro atoms. The monoisotopic (exact) mass is 380 g/mol. The highest BCUT2D eigenvalue weighted by Crippen LogP contribution is 2.30. The summed E-state index contributed by atoms with van der Waals surface area (Å²) < 4.78 is 46.7. The summed E-state index contributed by atoms with van der Waals surface area (Å²) in [6.45, 7) is 12.6. The molecule has 2 atom stereocenters. The van der Waals surface area contributed by atoms with Gasteiger partial charge in [0.1, 0.15) is 11.6 Å². The number of allylic oxidation sites excluding steroid dienone is 4. The maximum absolute atomic E-state index is 14.2. The minimum absolute atomic E-state index is 0.0640. The molecule has 2 unspecified atom stereocenters. The predicted molar refractivity (Wildman–Crippen MR) is 104 cm³/mol. The molecule has 0 aliphatic carbocycles. The zero-order valence-electron chi connectivity index (χ0n) is 16.1. The van der Waals surface area contributed by atoms with E-state index in [9.17, 15) is 18.3 Å². The summed E-state index contributed by atoms with van der Waals surface area (Å²) in [7, 11) is 0. The maximum atomic E-state index is 14.2. The van der Waals surface area contributed by atoms with Gasteiger partial charge in [0.15, 0.2) is 17.4 Å². The number of benzene rings is 1. The molecule has 1 N–H and O–H groups in total. The lowest BCUT2D eigenvalue weighted by Crippen LogP contribution is -2.04. The third-order valence-corrected chi connectivity index (χ3v) is 4.28. The zero-order valence-corrected chi connectivity index (χ0v) is 16.1. The average Bonchev–Trinajstić information content (AvgIpc) is 2.63. The highest BCUT2D eigenvalue weighted by molar-refractivity contribution is 5.51. The third kappa shape index (κ3) is 7.00. The summed E-state index contributed by atoms with van der Waals surface area (Å²) in [5, 5.41) is 9.21. The Kier molecular flexibility index (Phi) is 8.92. The van der Waals surface area contributed by atoms with Crippen LogP contribution in [0, 0.1) is 17.7 Å². The molecule has 0 fully saturated rings. The average molecular weight is 380 g/mol. The second-order valence-corrected chi connectivity index (χ2v) is 6.53. The van der Waals surface area contributed by atoms with Crippen LogP contribution in [-0.4, -0.2) is 11.7 Å². The first-order chi connectivity index (χ1) is 12.7. The van der Waals surface area contributed by atoms with Crippen LogP contribution in [0.15, 0.2) is 60.4 Å². The SMILES string of the molecule is C=C(OCC)/C(F)=C(/F)C(=C)C(C)CCC(C)/C=C/c1ccc(O)cc1F. The van der Waals surface area contributed by atoms with E-state index in [0.29, 0.717) is 18.4 Å². The lowest BCUT2D eigenvalue weighted by atomic mass is 9.91. The lowest BCUT2D eigenvalue weighted by Gasteiger charge is -2.16. The van der Waals surface area contributed by atoms with Crippen LogP contribution in [0.5, 0.6) is 5.75 Å². The summed E-state index contributed by atoms with van der Waals surface area (Å²) in [4.78, 5) is 0. The summed E-state index contributed by atoms with van der Waals surface area (Å²) in [6, 6.07) is 3.96. The molecule has 0 aliphatic heterocycles. The lowest BCUT2D eigenvalue weighted by molar-refractivity contribution is 0.223. The minimum atomic E-state index is -1.12. The van der Waals surface area contributed by atoms with E-state index < -0.39 is 17.5 Å². The molecule has 0 radical (unpaired) electrons. The van der Waals surface area contributed by atoms with Crippen LogP contribution in [0.2, 0.25) is 0 Å². The van der Waals surface area contributed by atoms with Crippen LogP contribution < -0.4 is 0 Å². The number of ether oxygens (including phenoxy) is 1. The maximum Gasteiger partial charge on any atom is 0.200 e. The van der Waals surface area contributed by atoms with Crippen LogP contribution in [-0.2, 0) is 4.74 Å². The fourth-order valence-corrected chi connectivity index (χ4v) is 2.42. The van der Waals surface area contributed by atoms with Crippen molar-refractivity contribution in [3.05, 3.63) is 71.8 Å². The number of phenolic OH excluding ortho intramolecular Hbond substituents is 1. The van der Waals surface area contributed by atoms with E-state index in [1.807, 2.05) is 13.0 Å². The highest BCUT2D eigenvalue weighted by Gasteiger charge is 2.19. The third-order valence-electron chi connectivity index (χ3n) is 4.28. The topological polar surface area (TPSA) is 29.5 Å². The summed E-state index contributed by atoms with van der Waals surface area (Å²) in [5.41, 5.74) is 0.441. The van der Waals surface area contributed by atoms with Crippen LogP contribution in [0.25, 0.3) is 6.08 Å². The van der Waals surface area contributed by atoms with E-state index in [1.54, 1.807) is 19.9 Å². The van der Waals surface area contributed by atoms with Gasteiger partial charge in [-0.15, -0.1) is 0 Å². The molecule has 1 aromatic rings. The van der Waals surface area contributed by atoms with Gasteiger partial charge in [0.25, 0.3) is 0 Å². The molecule has 0 aromatic heterocycles. The molecule has 0 saturated carbocycles. The smallest absolute Gasteiger partial charge is 0.200 e. The largest absolute Gasteiger partial charge is 0.508 e. The van der Waals surface area contributed by atoms with Gasteiger partial charge in [-0.05, 0) is 49.3 Å². The number of halogens is 3. The van der Waals surface area contributed by atoms with Gasteiger partial charge in [0.05, 0.1) is 6.61 Å². The fourth-order valence-electron chi connectivity index (χ4n) is 2.42. The van der Waals surface area contributed by atoms with Crippen molar-refractivity contribution in [2.75, 3.05) is 6.61 Å². The van der Waals surface area contributed by atoms with Crippen molar-refractivity contribution in [1.29, 1.82) is 0 Å². The second kappa shape index (κ2) is 10.7. The van der Waals surface area contributed by atoms with E-state index in [-0.39, 0.29) is 35.5 Å². The first-order valence-electron chi connectivity index (χ1n) is 8.90. The predicted octanol–water partition coefficient (Wildman–Crippen LogP) is 6.85. The van der Waals surface area contributed by atoms with Crippen molar-refractivity contribution in [3.8, 4) is 5.75 Å². The number of hydrogen-bond donors (Lipinski definition) is 1. The van der Waals surface area contributed by atoms with Crippen molar-refractivity contribution in [2.24, 2.45) is 11.8 Å². The summed E-state index contributed by atoms with van der Waals surface area (Å²) in [5.74, 6) is -3.29. The van der Waals surface area contributed by atoms with Crippen LogP contribution in [0.4, 0.5) is 13.2 Å². The first kappa shape index (κ1) is 22.6. The van der Waals surface area contributed by atoms with Gasteiger partial charge >= 0.3 is 0 Å². The zero-order chi connectivity index (χ0) is 20.6. The summed E-state index contributed by atoms with van der Waals surface area (Å²) in [6.07, 6.45) is 4.77. The van der Waals surface area contributed by atoms with Crippen LogP contribution >= 0.6 is 0 Å². The van der Waals surface area contributed by atoms with Gasteiger partial charge < -0.3 is 9.84 Å². The van der Waals surface area contributed by atoms with Crippen LogP contribution in [0.1, 0.15) is 39.2 Å². The Hall–Kier alpha value is -2.43. The Balaban J connectivity index is 2.63. The molecule has 0 heterocycles. The summed E-state index contributed by atoms with van der Waals surface area (Å²) >= 11 is 0. The molecule has 5 heteroatoms. The normalized spacial score (nSPS) is 14.6. The van der Waals surface area contributed by atoms with E-state index in [4.69, 9.17) is 4.74 Å². The van der Waals surface area contributed by atoms with E-state index in [2.05, 4.69) is 13.2 Å². The van der Waals surface area contributed by atoms with Crippen molar-refractivity contribution < 1.29 is 23.0 Å². The fraction of sp³-hybridized carbons (Fsp3) is 0.364. The standard InChI is InChI=1S/C22H27F3O2/c1-6-27-17(5)22(25)21(24)16(4)15(3)9-7-14(2)8-10-18-11-12-19(26)13-20(18)23/h8,10-15,26H,4-7,9H2,1-3H3/b10-8+,22-21-. The van der Waals surface area contributed by atoms with Crippen molar-refractivity contribution in [2.45, 2.75) is 33.6 Å². The molecule has 148 valence electrons. The van der Waals surface area contributed by atoms with Crippen molar-refractivity contribution in [1.82, 2.24) is 0 Å². The molecule has 0 amide bonds. The van der Waals surface area contributed by atoms with Crippen LogP contribution in [0.3, 0.4) is 0 Å². The number of rotatable bonds is 10. The van der Waals surface area contributed by atoms with Crippen molar-refractivity contribution in [3.63, 3.8) is 0 Å². The first-order valence-corrected chi connectivity index (χ1v) is 8.90. The Labute approximate surface area is 159 Å². The molecule has 1 aromatic carbocycles. The van der Waals surface area contributed by atoms with Crippen molar-refractivity contribution >= 4 is 6.08 Å². The molecular formula is C22H27F3O2. The Morgan fingerprint density at radius 3 is 2.44 bits per heavy atom. The van der Waals surface area contributed by atoms with E-state index in [0.717, 1.165) is 6.07 Å².